The van der Waals surface area contributed by atoms with Gasteiger partial charge in [-0.05, 0) is 42.4 Å². The summed E-state index contributed by atoms with van der Waals surface area (Å²) in [5.74, 6) is 0.347. The first kappa shape index (κ1) is 20.3. The minimum Gasteiger partial charge on any atom is -0.491 e. The van der Waals surface area contributed by atoms with Crippen molar-refractivity contribution in [3.05, 3.63) is 70.0 Å². The predicted octanol–water partition coefficient (Wildman–Crippen LogP) is 2.99. The van der Waals surface area contributed by atoms with E-state index in [4.69, 9.17) is 4.74 Å². The summed E-state index contributed by atoms with van der Waals surface area (Å²) in [6, 6.07) is 11.9. The molecule has 0 fully saturated rings. The van der Waals surface area contributed by atoms with Crippen molar-refractivity contribution >= 4 is 23.4 Å². The Labute approximate surface area is 171 Å². The van der Waals surface area contributed by atoms with E-state index in [9.17, 15) is 14.9 Å². The normalized spacial score (nSPS) is 10.6. The zero-order chi connectivity index (χ0) is 20.8. The summed E-state index contributed by atoms with van der Waals surface area (Å²) in [6.45, 7) is 2.50. The number of carbonyl (C=O) groups excluding carboxylic acids is 1. The van der Waals surface area contributed by atoms with E-state index in [-0.39, 0.29) is 17.8 Å². The molecule has 3 rings (SSSR count). The molecular formula is C19H19N5O4S. The van der Waals surface area contributed by atoms with Gasteiger partial charge in [0.2, 0.25) is 0 Å². The van der Waals surface area contributed by atoms with E-state index in [0.29, 0.717) is 16.7 Å². The van der Waals surface area contributed by atoms with Crippen LogP contribution in [0.2, 0.25) is 0 Å². The van der Waals surface area contributed by atoms with Crippen LogP contribution in [0.1, 0.15) is 15.9 Å². The molecule has 1 aromatic heterocycles. The molecule has 9 nitrogen and oxygen atoms in total. The number of carbonyl (C=O) groups is 1. The molecule has 0 aliphatic rings. The average molecular weight is 413 g/mol. The molecular weight excluding hydrogens is 394 g/mol. The number of rotatable bonds is 8. The maximum Gasteiger partial charge on any atom is 0.284 e. The molecule has 0 aliphatic carbocycles. The molecule has 0 radical (unpaired) electrons. The molecule has 0 unspecified atom stereocenters. The number of aryl methyl sites for hydroxylation is 2. The van der Waals surface area contributed by atoms with E-state index in [2.05, 4.69) is 15.5 Å². The van der Waals surface area contributed by atoms with Crippen molar-refractivity contribution < 1.29 is 14.5 Å². The van der Waals surface area contributed by atoms with Crippen LogP contribution in [0.15, 0.2) is 58.8 Å². The van der Waals surface area contributed by atoms with Crippen LogP contribution in [-0.4, -0.2) is 38.7 Å². The molecule has 10 heteroatoms. The van der Waals surface area contributed by atoms with Crippen molar-refractivity contribution in [2.24, 2.45) is 7.05 Å². The molecule has 0 aliphatic heterocycles. The van der Waals surface area contributed by atoms with Gasteiger partial charge >= 0.3 is 0 Å². The van der Waals surface area contributed by atoms with Gasteiger partial charge in [0.25, 0.3) is 11.6 Å². The van der Waals surface area contributed by atoms with Crippen LogP contribution >= 0.6 is 11.8 Å². The molecule has 1 amide bonds. The highest BCUT2D eigenvalue weighted by Gasteiger charge is 2.20. The van der Waals surface area contributed by atoms with Crippen LogP contribution in [0.5, 0.6) is 5.75 Å². The Kier molecular flexibility index (Phi) is 6.45. The molecule has 0 saturated heterocycles. The second-order valence-corrected chi connectivity index (χ2v) is 7.15. The number of para-hydroxylation sites is 1. The maximum atomic E-state index is 12.4. The molecule has 0 bridgehead atoms. The summed E-state index contributed by atoms with van der Waals surface area (Å²) in [4.78, 5) is 23.7. The quantitative estimate of drug-likeness (QED) is 0.343. The minimum atomic E-state index is -0.517. The Morgan fingerprint density at radius 3 is 2.79 bits per heavy atom. The topological polar surface area (TPSA) is 112 Å². The zero-order valence-corrected chi connectivity index (χ0v) is 16.7. The first-order valence-corrected chi connectivity index (χ1v) is 9.54. The Morgan fingerprint density at radius 1 is 1.31 bits per heavy atom. The van der Waals surface area contributed by atoms with Crippen LogP contribution < -0.4 is 10.1 Å². The number of nitro groups is 1. The average Bonchev–Trinajstić information content (AvgIpc) is 3.11. The van der Waals surface area contributed by atoms with Gasteiger partial charge in [-0.3, -0.25) is 14.9 Å². The number of nitrogens with one attached hydrogen (secondary N) is 1. The van der Waals surface area contributed by atoms with Gasteiger partial charge in [-0.25, -0.2) is 0 Å². The Morgan fingerprint density at radius 2 is 2.10 bits per heavy atom. The molecule has 29 heavy (non-hydrogen) atoms. The number of amides is 1. The molecule has 2 aromatic carbocycles. The number of ether oxygens (including phenoxy) is 1. The van der Waals surface area contributed by atoms with Crippen molar-refractivity contribution in [2.75, 3.05) is 13.2 Å². The fraction of sp³-hybridized carbons (Fsp3) is 0.211. The van der Waals surface area contributed by atoms with Crippen molar-refractivity contribution in [1.29, 1.82) is 0 Å². The molecule has 0 spiro atoms. The van der Waals surface area contributed by atoms with Gasteiger partial charge in [-0.1, -0.05) is 18.2 Å². The second-order valence-electron chi connectivity index (χ2n) is 6.14. The Bertz CT molecular complexity index is 1040. The lowest BCUT2D eigenvalue weighted by Gasteiger charge is -2.10. The molecule has 1 N–H and O–H groups in total. The van der Waals surface area contributed by atoms with Crippen LogP contribution in [0.3, 0.4) is 0 Å². The third-order valence-electron chi connectivity index (χ3n) is 4.03. The van der Waals surface area contributed by atoms with E-state index in [1.807, 2.05) is 31.2 Å². The van der Waals surface area contributed by atoms with Crippen molar-refractivity contribution in [3.8, 4) is 5.75 Å². The lowest BCUT2D eigenvalue weighted by molar-refractivity contribution is -0.387. The first-order chi connectivity index (χ1) is 14.0. The third-order valence-corrected chi connectivity index (χ3v) is 5.15. The maximum absolute atomic E-state index is 12.4. The fourth-order valence-corrected chi connectivity index (χ4v) is 3.35. The minimum absolute atomic E-state index is 0.165. The van der Waals surface area contributed by atoms with Crippen molar-refractivity contribution in [1.82, 2.24) is 20.1 Å². The number of aromatic nitrogens is 3. The highest BCUT2D eigenvalue weighted by atomic mass is 32.2. The van der Waals surface area contributed by atoms with Gasteiger partial charge in [0.1, 0.15) is 18.7 Å². The van der Waals surface area contributed by atoms with E-state index in [1.165, 1.54) is 18.5 Å². The summed E-state index contributed by atoms with van der Waals surface area (Å²) < 4.78 is 7.29. The molecule has 0 atom stereocenters. The highest BCUT2D eigenvalue weighted by Crippen LogP contribution is 2.34. The number of nitrogens with zero attached hydrogens (tertiary/aromatic N) is 4. The van der Waals surface area contributed by atoms with E-state index < -0.39 is 10.8 Å². The summed E-state index contributed by atoms with van der Waals surface area (Å²) in [7, 11) is 1.75. The van der Waals surface area contributed by atoms with Gasteiger partial charge in [-0.2, -0.15) is 0 Å². The van der Waals surface area contributed by atoms with Gasteiger partial charge < -0.3 is 14.6 Å². The van der Waals surface area contributed by atoms with Crippen LogP contribution in [0.25, 0.3) is 0 Å². The first-order valence-electron chi connectivity index (χ1n) is 8.72. The second kappa shape index (κ2) is 9.20. The summed E-state index contributed by atoms with van der Waals surface area (Å²) in [5.41, 5.74) is 1.04. The predicted molar refractivity (Wildman–Crippen MR) is 107 cm³/mol. The van der Waals surface area contributed by atoms with E-state index in [0.717, 1.165) is 23.1 Å². The van der Waals surface area contributed by atoms with Gasteiger partial charge in [0.15, 0.2) is 5.16 Å². The molecule has 150 valence electrons. The number of hydrogen-bond acceptors (Lipinski definition) is 7. The number of hydrogen-bond donors (Lipinski definition) is 1. The fourth-order valence-electron chi connectivity index (χ4n) is 2.50. The summed E-state index contributed by atoms with van der Waals surface area (Å²) >= 11 is 1.11. The van der Waals surface area contributed by atoms with Crippen LogP contribution in [0, 0.1) is 17.0 Å². The van der Waals surface area contributed by atoms with E-state index in [1.54, 1.807) is 17.7 Å². The lowest BCUT2D eigenvalue weighted by atomic mass is 10.2. The molecule has 1 heterocycles. The smallest absolute Gasteiger partial charge is 0.284 e. The number of benzene rings is 2. The van der Waals surface area contributed by atoms with E-state index >= 15 is 0 Å². The van der Waals surface area contributed by atoms with Crippen molar-refractivity contribution in [3.63, 3.8) is 0 Å². The van der Waals surface area contributed by atoms with Gasteiger partial charge in [-0.15, -0.1) is 10.2 Å². The largest absolute Gasteiger partial charge is 0.491 e. The summed E-state index contributed by atoms with van der Waals surface area (Å²) in [5, 5.41) is 22.3. The highest BCUT2D eigenvalue weighted by molar-refractivity contribution is 7.99. The third kappa shape index (κ3) is 5.11. The zero-order valence-electron chi connectivity index (χ0n) is 15.9. The SMILES string of the molecule is Cc1ccccc1OCCNC(=O)c1ccc(Sc2nncn2C)c([N+](=O)[O-])c1. The monoisotopic (exact) mass is 413 g/mol. The van der Waals surface area contributed by atoms with Crippen LogP contribution in [0.4, 0.5) is 5.69 Å². The molecule has 0 saturated carbocycles. The Hall–Kier alpha value is -3.40. The number of nitro benzene ring substituents is 1. The van der Waals surface area contributed by atoms with Crippen molar-refractivity contribution in [2.45, 2.75) is 17.0 Å². The Balaban J connectivity index is 1.63. The lowest BCUT2D eigenvalue weighted by Crippen LogP contribution is -2.28. The van der Waals surface area contributed by atoms with Crippen LogP contribution in [-0.2, 0) is 7.05 Å². The molecule has 3 aromatic rings. The summed E-state index contributed by atoms with van der Waals surface area (Å²) in [6.07, 6.45) is 1.51. The standard InChI is InChI=1S/C19H19N5O4S/c1-13-5-3-4-6-16(13)28-10-9-20-18(25)14-7-8-17(15(11-14)24(26)27)29-19-22-21-12-23(19)2/h3-8,11-12H,9-10H2,1-2H3,(H,20,25). The van der Waals surface area contributed by atoms with Gasteiger partial charge in [0, 0.05) is 18.7 Å². The van der Waals surface area contributed by atoms with Gasteiger partial charge in [0.05, 0.1) is 16.4 Å².